The predicted octanol–water partition coefficient (Wildman–Crippen LogP) is 1.07. The normalized spacial score (nSPS) is 10.4. The van der Waals surface area contributed by atoms with Crippen LogP contribution in [0.1, 0.15) is 15.6 Å². The fourth-order valence-corrected chi connectivity index (χ4v) is 2.15. The molecular weight excluding hydrogens is 220 g/mol. The van der Waals surface area contributed by atoms with Crippen LogP contribution in [-0.4, -0.2) is 24.2 Å². The number of thiazole rings is 1. The van der Waals surface area contributed by atoms with Gasteiger partial charge in [-0.2, -0.15) is 0 Å². The van der Waals surface area contributed by atoms with Crippen LogP contribution in [-0.2, 0) is 22.7 Å². The first-order valence-corrected chi connectivity index (χ1v) is 5.17. The Morgan fingerprint density at radius 1 is 1.43 bits per heavy atom. The van der Waals surface area contributed by atoms with Gasteiger partial charge in [-0.15, -0.1) is 11.3 Å². The van der Waals surface area contributed by atoms with E-state index in [1.54, 1.807) is 14.2 Å². The van der Waals surface area contributed by atoms with Gasteiger partial charge >= 0.3 is 0 Å². The molecule has 0 aliphatic heterocycles. The molecule has 2 N–H and O–H groups in total. The average molecular weight is 232 g/mol. The molecule has 1 rings (SSSR count). The number of hydrogen-bond donors (Lipinski definition) is 1. The van der Waals surface area contributed by atoms with Crippen molar-refractivity contribution >= 4 is 28.5 Å². The van der Waals surface area contributed by atoms with Crippen LogP contribution >= 0.6 is 23.6 Å². The summed E-state index contributed by atoms with van der Waals surface area (Å²) in [4.78, 5) is 5.48. The van der Waals surface area contributed by atoms with E-state index in [-0.39, 0.29) is 0 Å². The van der Waals surface area contributed by atoms with E-state index in [2.05, 4.69) is 4.98 Å². The number of thiocarbonyl (C=S) groups is 1. The maximum absolute atomic E-state index is 5.56. The van der Waals surface area contributed by atoms with Crippen molar-refractivity contribution in [1.29, 1.82) is 0 Å². The molecule has 1 aromatic heterocycles. The maximum Gasteiger partial charge on any atom is 0.119 e. The second-order valence-corrected chi connectivity index (χ2v) is 4.14. The first-order chi connectivity index (χ1) is 6.69. The molecule has 0 saturated heterocycles. The van der Waals surface area contributed by atoms with Gasteiger partial charge in [0.15, 0.2) is 0 Å². The molecule has 1 aromatic rings. The standard InChI is InChI=1S/C8H12N2O2S2/c1-11-3-5-7(8(9)13)14-6(10-5)4-12-2/h3-4H2,1-2H3,(H2,9,13). The van der Waals surface area contributed by atoms with E-state index in [1.807, 2.05) is 0 Å². The summed E-state index contributed by atoms with van der Waals surface area (Å²) in [7, 11) is 3.23. The molecule has 4 nitrogen and oxygen atoms in total. The van der Waals surface area contributed by atoms with Gasteiger partial charge in [0.05, 0.1) is 23.8 Å². The van der Waals surface area contributed by atoms with Crippen LogP contribution in [0.2, 0.25) is 0 Å². The lowest BCUT2D eigenvalue weighted by atomic mass is 10.4. The van der Waals surface area contributed by atoms with Crippen LogP contribution in [0, 0.1) is 0 Å². The Hall–Kier alpha value is -0.560. The molecule has 6 heteroatoms. The van der Waals surface area contributed by atoms with Crippen LogP contribution in [0.4, 0.5) is 0 Å². The number of nitrogens with zero attached hydrogens (tertiary/aromatic N) is 1. The number of hydrogen-bond acceptors (Lipinski definition) is 5. The summed E-state index contributed by atoms with van der Waals surface area (Å²) in [5.74, 6) is 0. The minimum atomic E-state index is 0.358. The van der Waals surface area contributed by atoms with Gasteiger partial charge in [-0.25, -0.2) is 4.98 Å². The quantitative estimate of drug-likeness (QED) is 0.770. The minimum absolute atomic E-state index is 0.358. The van der Waals surface area contributed by atoms with Crippen molar-refractivity contribution < 1.29 is 9.47 Å². The molecule has 0 amide bonds. The van der Waals surface area contributed by atoms with Crippen molar-refractivity contribution in [1.82, 2.24) is 4.98 Å². The van der Waals surface area contributed by atoms with Gasteiger partial charge in [0.25, 0.3) is 0 Å². The highest BCUT2D eigenvalue weighted by Gasteiger charge is 2.12. The molecule has 0 radical (unpaired) electrons. The van der Waals surface area contributed by atoms with Gasteiger partial charge in [-0.3, -0.25) is 0 Å². The van der Waals surface area contributed by atoms with Gasteiger partial charge in [0, 0.05) is 14.2 Å². The number of nitrogens with two attached hydrogens (primary N) is 1. The van der Waals surface area contributed by atoms with E-state index in [4.69, 9.17) is 27.4 Å². The molecule has 0 saturated carbocycles. The van der Waals surface area contributed by atoms with E-state index in [9.17, 15) is 0 Å². The van der Waals surface area contributed by atoms with Crippen LogP contribution in [0.15, 0.2) is 0 Å². The van der Waals surface area contributed by atoms with Crippen molar-refractivity contribution in [2.75, 3.05) is 14.2 Å². The van der Waals surface area contributed by atoms with Gasteiger partial charge < -0.3 is 15.2 Å². The van der Waals surface area contributed by atoms with Crippen molar-refractivity contribution in [3.8, 4) is 0 Å². The Labute approximate surface area is 92.0 Å². The summed E-state index contributed by atoms with van der Waals surface area (Å²) in [5.41, 5.74) is 6.35. The van der Waals surface area contributed by atoms with Crippen molar-refractivity contribution in [3.05, 3.63) is 15.6 Å². The summed E-state index contributed by atoms with van der Waals surface area (Å²) in [6, 6.07) is 0. The topological polar surface area (TPSA) is 57.4 Å². The first kappa shape index (κ1) is 11.5. The first-order valence-electron chi connectivity index (χ1n) is 3.95. The van der Waals surface area contributed by atoms with Crippen LogP contribution in [0.25, 0.3) is 0 Å². The molecule has 0 aromatic carbocycles. The smallest absolute Gasteiger partial charge is 0.119 e. The molecule has 1 heterocycles. The largest absolute Gasteiger partial charge is 0.389 e. The number of rotatable bonds is 5. The Morgan fingerprint density at radius 3 is 2.57 bits per heavy atom. The lowest BCUT2D eigenvalue weighted by Crippen LogP contribution is -2.10. The molecule has 0 spiro atoms. The zero-order chi connectivity index (χ0) is 10.6. The van der Waals surface area contributed by atoms with E-state index >= 15 is 0 Å². The molecule has 78 valence electrons. The third-order valence-electron chi connectivity index (χ3n) is 1.51. The summed E-state index contributed by atoms with van der Waals surface area (Å²) in [6.45, 7) is 0.900. The Morgan fingerprint density at radius 2 is 2.07 bits per heavy atom. The second-order valence-electron chi connectivity index (χ2n) is 2.61. The maximum atomic E-state index is 5.56. The number of aromatic nitrogens is 1. The molecule has 0 bridgehead atoms. The number of methoxy groups -OCH3 is 2. The zero-order valence-electron chi connectivity index (χ0n) is 8.07. The fraction of sp³-hybridized carbons (Fsp3) is 0.500. The summed E-state index contributed by atoms with van der Waals surface area (Å²) in [5, 5.41) is 0.863. The second kappa shape index (κ2) is 5.35. The highest BCUT2D eigenvalue weighted by Crippen LogP contribution is 2.19. The van der Waals surface area contributed by atoms with Crippen LogP contribution < -0.4 is 5.73 Å². The summed E-state index contributed by atoms with van der Waals surface area (Å²) < 4.78 is 9.98. The zero-order valence-corrected chi connectivity index (χ0v) is 9.70. The van der Waals surface area contributed by atoms with Gasteiger partial charge in [-0.1, -0.05) is 12.2 Å². The van der Waals surface area contributed by atoms with Gasteiger partial charge in [-0.05, 0) is 0 Å². The SMILES string of the molecule is COCc1nc(COC)c(C(N)=S)s1. The van der Waals surface area contributed by atoms with E-state index in [0.717, 1.165) is 15.6 Å². The van der Waals surface area contributed by atoms with Gasteiger partial charge in [0.2, 0.25) is 0 Å². The third kappa shape index (κ3) is 2.71. The van der Waals surface area contributed by atoms with E-state index < -0.39 is 0 Å². The average Bonchev–Trinajstić information content (AvgIpc) is 2.49. The number of ether oxygens (including phenoxy) is 2. The van der Waals surface area contributed by atoms with Crippen molar-refractivity contribution in [2.45, 2.75) is 13.2 Å². The lowest BCUT2D eigenvalue weighted by Gasteiger charge is -1.97. The van der Waals surface area contributed by atoms with Crippen LogP contribution in [0.5, 0.6) is 0 Å². The molecule has 0 aliphatic rings. The summed E-state index contributed by atoms with van der Waals surface area (Å²) >= 11 is 6.36. The lowest BCUT2D eigenvalue weighted by molar-refractivity contribution is 0.176. The third-order valence-corrected chi connectivity index (χ3v) is 2.95. The monoisotopic (exact) mass is 232 g/mol. The minimum Gasteiger partial charge on any atom is -0.389 e. The van der Waals surface area contributed by atoms with Gasteiger partial charge in [0.1, 0.15) is 10.00 Å². The molecule has 14 heavy (non-hydrogen) atoms. The van der Waals surface area contributed by atoms with E-state index in [1.165, 1.54) is 11.3 Å². The van der Waals surface area contributed by atoms with Crippen molar-refractivity contribution in [2.24, 2.45) is 5.73 Å². The molecule has 0 fully saturated rings. The van der Waals surface area contributed by atoms with Crippen molar-refractivity contribution in [3.63, 3.8) is 0 Å². The Bertz CT molecular complexity index is 325. The van der Waals surface area contributed by atoms with E-state index in [0.29, 0.717) is 18.2 Å². The fourth-order valence-electron chi connectivity index (χ4n) is 1.01. The molecule has 0 unspecified atom stereocenters. The Kier molecular flexibility index (Phi) is 4.40. The summed E-state index contributed by atoms with van der Waals surface area (Å²) in [6.07, 6.45) is 0. The highest BCUT2D eigenvalue weighted by atomic mass is 32.1. The Balaban J connectivity index is 2.93. The van der Waals surface area contributed by atoms with Crippen LogP contribution in [0.3, 0.4) is 0 Å². The molecular formula is C8H12N2O2S2. The molecule has 0 atom stereocenters. The molecule has 0 aliphatic carbocycles. The highest BCUT2D eigenvalue weighted by molar-refractivity contribution is 7.81. The predicted molar refractivity (Wildman–Crippen MR) is 59.4 cm³/mol.